The molecule has 1 aromatic carbocycles. The van der Waals surface area contributed by atoms with Gasteiger partial charge in [0.2, 0.25) is 0 Å². The number of nitrogens with zero attached hydrogens (tertiary/aromatic N) is 3. The molecule has 37 heavy (non-hydrogen) atoms. The molecule has 0 aliphatic rings. The van der Waals surface area contributed by atoms with Gasteiger partial charge >= 0.3 is 17.9 Å². The highest BCUT2D eigenvalue weighted by molar-refractivity contribution is 7.18. The number of carbonyl (C=O) groups excluding carboxylic acids is 3. The lowest BCUT2D eigenvalue weighted by molar-refractivity contribution is -0.142. The molecule has 0 amide bonds. The van der Waals surface area contributed by atoms with Crippen LogP contribution in [0.3, 0.4) is 0 Å². The normalized spacial score (nSPS) is 11.0. The van der Waals surface area contributed by atoms with Crippen molar-refractivity contribution in [1.82, 2.24) is 0 Å². The fraction of sp³-hybridized carbons (Fsp3) is 0.458. The van der Waals surface area contributed by atoms with E-state index in [4.69, 9.17) is 25.8 Å². The minimum absolute atomic E-state index is 0.0250. The van der Waals surface area contributed by atoms with Gasteiger partial charge in [-0.25, -0.2) is 9.59 Å². The van der Waals surface area contributed by atoms with Gasteiger partial charge in [0.1, 0.15) is 16.1 Å². The van der Waals surface area contributed by atoms with Crippen LogP contribution in [0.1, 0.15) is 46.4 Å². The summed E-state index contributed by atoms with van der Waals surface area (Å²) in [5.74, 6) is -2.12. The van der Waals surface area contributed by atoms with E-state index < -0.39 is 17.9 Å². The summed E-state index contributed by atoms with van der Waals surface area (Å²) < 4.78 is 15.3. The van der Waals surface area contributed by atoms with E-state index in [1.165, 1.54) is 0 Å². The Labute approximate surface area is 223 Å². The molecular weight excluding hydrogens is 526 g/mol. The molecule has 1 aromatic heterocycles. The first-order chi connectivity index (χ1) is 17.8. The van der Waals surface area contributed by atoms with Crippen molar-refractivity contribution in [3.63, 3.8) is 0 Å². The number of benzene rings is 1. The van der Waals surface area contributed by atoms with Gasteiger partial charge in [0.25, 0.3) is 0 Å². The highest BCUT2D eigenvalue weighted by atomic mass is 35.5. The molecule has 2 N–H and O–H groups in total. The first-order valence-corrected chi connectivity index (χ1v) is 12.8. The van der Waals surface area contributed by atoms with Gasteiger partial charge in [-0.1, -0.05) is 11.6 Å². The van der Waals surface area contributed by atoms with E-state index in [2.05, 4.69) is 10.2 Å². The van der Waals surface area contributed by atoms with E-state index in [1.54, 1.807) is 43.9 Å². The monoisotopic (exact) mass is 555 g/mol. The fourth-order valence-corrected chi connectivity index (χ4v) is 4.54. The second-order valence-electron chi connectivity index (χ2n) is 7.28. The number of hydrogen-bond acceptors (Lipinski definition) is 12. The lowest BCUT2D eigenvalue weighted by Crippen LogP contribution is -2.29. The predicted molar refractivity (Wildman–Crippen MR) is 139 cm³/mol. The van der Waals surface area contributed by atoms with Gasteiger partial charge in [0, 0.05) is 24.3 Å². The molecule has 0 saturated carbocycles. The molecule has 0 bridgehead atoms. The van der Waals surface area contributed by atoms with Crippen LogP contribution < -0.4 is 4.90 Å². The molecule has 0 spiro atoms. The molecule has 0 saturated heterocycles. The van der Waals surface area contributed by atoms with Crippen LogP contribution in [-0.2, 0) is 25.4 Å². The molecule has 0 aliphatic heterocycles. The number of carbonyl (C=O) groups is 3. The number of thiophene rings is 1. The third-order valence-corrected chi connectivity index (χ3v) is 6.24. The molecule has 0 radical (unpaired) electrons. The van der Waals surface area contributed by atoms with E-state index in [0.717, 1.165) is 11.3 Å². The van der Waals surface area contributed by atoms with Gasteiger partial charge in [0.05, 0.1) is 44.5 Å². The maximum Gasteiger partial charge on any atom is 0.348 e. The summed E-state index contributed by atoms with van der Waals surface area (Å²) in [6.07, 6.45) is -0.358. The van der Waals surface area contributed by atoms with Crippen molar-refractivity contribution < 1.29 is 38.8 Å². The number of azo groups is 1. The number of aliphatic hydroxyl groups is 2. The smallest absolute Gasteiger partial charge is 0.348 e. The molecular formula is C24H30ClN3O8S. The van der Waals surface area contributed by atoms with Gasteiger partial charge in [-0.3, -0.25) is 4.79 Å². The second kappa shape index (κ2) is 15.3. The standard InChI is InChI=1S/C24H30ClN3O8S/c1-4-34-19(31)14-16-20(23(32)35-5-2)22(37-21(16)24(33)36-6-3)27-26-18-8-7-15(13-17(18)25)28(9-11-29)10-12-30/h7-8,13,29-30H,4-6,9-12,14H2,1-3H3. The van der Waals surface area contributed by atoms with Crippen molar-refractivity contribution in [2.24, 2.45) is 10.2 Å². The van der Waals surface area contributed by atoms with Gasteiger partial charge in [-0.2, -0.15) is 0 Å². The number of halogens is 1. The number of anilines is 1. The van der Waals surface area contributed by atoms with Crippen molar-refractivity contribution in [1.29, 1.82) is 0 Å². The average Bonchev–Trinajstić information content (AvgIpc) is 3.21. The number of hydrogen-bond donors (Lipinski definition) is 2. The Hall–Kier alpha value is -3.06. The Morgan fingerprint density at radius 2 is 1.57 bits per heavy atom. The molecule has 0 unspecified atom stereocenters. The summed E-state index contributed by atoms with van der Waals surface area (Å²) in [5, 5.41) is 27.1. The van der Waals surface area contributed by atoms with Crippen molar-refractivity contribution in [3.8, 4) is 0 Å². The minimum Gasteiger partial charge on any atom is -0.466 e. The lowest BCUT2D eigenvalue weighted by Gasteiger charge is -2.23. The van der Waals surface area contributed by atoms with Crippen LogP contribution in [0.5, 0.6) is 0 Å². The topological polar surface area (TPSA) is 147 Å². The van der Waals surface area contributed by atoms with Crippen LogP contribution in [0.15, 0.2) is 28.4 Å². The Morgan fingerprint density at radius 3 is 2.14 bits per heavy atom. The maximum absolute atomic E-state index is 12.8. The number of rotatable bonds is 14. The number of aliphatic hydroxyl groups excluding tert-OH is 2. The van der Waals surface area contributed by atoms with E-state index in [1.807, 2.05) is 0 Å². The van der Waals surface area contributed by atoms with Crippen molar-refractivity contribution in [3.05, 3.63) is 39.2 Å². The molecule has 0 fully saturated rings. The third kappa shape index (κ3) is 8.22. The van der Waals surface area contributed by atoms with Crippen molar-refractivity contribution >= 4 is 57.2 Å². The average molecular weight is 556 g/mol. The van der Waals surface area contributed by atoms with Gasteiger partial charge < -0.3 is 29.3 Å². The quantitative estimate of drug-likeness (QED) is 0.200. The van der Waals surface area contributed by atoms with Crippen LogP contribution in [0.25, 0.3) is 0 Å². The first-order valence-electron chi connectivity index (χ1n) is 11.6. The highest BCUT2D eigenvalue weighted by Gasteiger charge is 2.30. The first kappa shape index (κ1) is 30.2. The Bertz CT molecular complexity index is 1120. The molecule has 2 aromatic rings. The zero-order valence-corrected chi connectivity index (χ0v) is 22.4. The summed E-state index contributed by atoms with van der Waals surface area (Å²) in [4.78, 5) is 39.5. The SMILES string of the molecule is CCOC(=O)Cc1c(C(=O)OCC)sc(N=Nc2ccc(N(CCO)CCO)cc2Cl)c1C(=O)OCC. The molecule has 2 rings (SSSR count). The molecule has 1 heterocycles. The Balaban J connectivity index is 2.54. The Morgan fingerprint density at radius 1 is 0.946 bits per heavy atom. The third-order valence-electron chi connectivity index (χ3n) is 4.84. The van der Waals surface area contributed by atoms with Crippen LogP contribution in [-0.4, -0.2) is 74.2 Å². The van der Waals surface area contributed by atoms with Gasteiger partial charge in [0.15, 0.2) is 5.00 Å². The summed E-state index contributed by atoms with van der Waals surface area (Å²) >= 11 is 7.24. The summed E-state index contributed by atoms with van der Waals surface area (Å²) in [6.45, 7) is 5.57. The van der Waals surface area contributed by atoms with Crippen LogP contribution in [0.4, 0.5) is 16.4 Å². The Kier molecular flexibility index (Phi) is 12.4. The molecule has 13 heteroatoms. The van der Waals surface area contributed by atoms with Crippen molar-refractivity contribution in [2.75, 3.05) is 51.0 Å². The van der Waals surface area contributed by atoms with Crippen molar-refractivity contribution in [2.45, 2.75) is 27.2 Å². The minimum atomic E-state index is -0.771. The van der Waals surface area contributed by atoms with Gasteiger partial charge in [-0.15, -0.1) is 21.6 Å². The largest absolute Gasteiger partial charge is 0.466 e. The zero-order valence-electron chi connectivity index (χ0n) is 20.9. The maximum atomic E-state index is 12.8. The summed E-state index contributed by atoms with van der Waals surface area (Å²) in [7, 11) is 0. The molecule has 0 aliphatic carbocycles. The molecule has 202 valence electrons. The van der Waals surface area contributed by atoms with E-state index in [-0.39, 0.29) is 71.2 Å². The highest BCUT2D eigenvalue weighted by Crippen LogP contribution is 2.39. The molecule has 0 atom stereocenters. The number of ether oxygens (including phenoxy) is 3. The van der Waals surface area contributed by atoms with Crippen LogP contribution in [0.2, 0.25) is 5.02 Å². The van der Waals surface area contributed by atoms with E-state index in [0.29, 0.717) is 18.8 Å². The van der Waals surface area contributed by atoms with E-state index >= 15 is 0 Å². The number of esters is 3. The van der Waals surface area contributed by atoms with Crippen LogP contribution >= 0.6 is 22.9 Å². The lowest BCUT2D eigenvalue weighted by atomic mass is 10.1. The second-order valence-corrected chi connectivity index (χ2v) is 8.69. The van der Waals surface area contributed by atoms with E-state index in [9.17, 15) is 24.6 Å². The van der Waals surface area contributed by atoms with Crippen LogP contribution in [0, 0.1) is 0 Å². The molecule has 11 nitrogen and oxygen atoms in total. The van der Waals surface area contributed by atoms with Gasteiger partial charge in [-0.05, 0) is 39.0 Å². The summed E-state index contributed by atoms with van der Waals surface area (Å²) in [5.41, 5.74) is 0.957. The summed E-state index contributed by atoms with van der Waals surface area (Å²) in [6, 6.07) is 4.90. The zero-order chi connectivity index (χ0) is 27.4. The predicted octanol–water partition coefficient (Wildman–Crippen LogP) is 4.07. The fourth-order valence-electron chi connectivity index (χ4n) is 3.31.